The minimum atomic E-state index is -3.47. The molecular weight excluding hydrogens is 356 g/mol. The standard InChI is InChI=1S/C14H13ClN4O4S/c1-2-3-24(22,23)12-5-11-10(4-9(12)15)17-14(18-11)19-7-8(6-16-19)13(20)21/h4-7H,2-3H2,1H3,(H,17,18)(H,20,21). The van der Waals surface area contributed by atoms with Gasteiger partial charge >= 0.3 is 5.97 Å². The molecule has 3 rings (SSSR count). The maximum Gasteiger partial charge on any atom is 0.338 e. The van der Waals surface area contributed by atoms with Crippen LogP contribution in [0.4, 0.5) is 0 Å². The molecule has 8 nitrogen and oxygen atoms in total. The monoisotopic (exact) mass is 368 g/mol. The number of nitrogens with zero attached hydrogens (tertiary/aromatic N) is 3. The fourth-order valence-electron chi connectivity index (χ4n) is 2.27. The van der Waals surface area contributed by atoms with Crippen LogP contribution in [0, 0.1) is 0 Å². The number of aromatic nitrogens is 4. The molecule has 0 aliphatic rings. The first-order valence-corrected chi connectivity index (χ1v) is 9.05. The Morgan fingerprint density at radius 2 is 2.17 bits per heavy atom. The first-order valence-electron chi connectivity index (χ1n) is 7.02. The topological polar surface area (TPSA) is 118 Å². The quantitative estimate of drug-likeness (QED) is 0.713. The maximum absolute atomic E-state index is 12.3. The van der Waals surface area contributed by atoms with E-state index in [-0.39, 0.29) is 27.2 Å². The van der Waals surface area contributed by atoms with E-state index in [4.69, 9.17) is 16.7 Å². The van der Waals surface area contributed by atoms with Crippen molar-refractivity contribution in [2.75, 3.05) is 5.75 Å². The molecule has 0 radical (unpaired) electrons. The number of carbonyl (C=O) groups is 1. The summed E-state index contributed by atoms with van der Waals surface area (Å²) in [6.07, 6.45) is 2.98. The van der Waals surface area contributed by atoms with Gasteiger partial charge in [-0.15, -0.1) is 0 Å². The van der Waals surface area contributed by atoms with Gasteiger partial charge in [0.05, 0.1) is 38.5 Å². The number of rotatable bonds is 5. The van der Waals surface area contributed by atoms with Crippen LogP contribution in [-0.2, 0) is 9.84 Å². The molecule has 3 aromatic rings. The zero-order valence-electron chi connectivity index (χ0n) is 12.5. The van der Waals surface area contributed by atoms with Crippen LogP contribution in [0.1, 0.15) is 23.7 Å². The van der Waals surface area contributed by atoms with Crippen molar-refractivity contribution in [2.45, 2.75) is 18.2 Å². The molecule has 126 valence electrons. The van der Waals surface area contributed by atoms with Gasteiger partial charge in [-0.25, -0.2) is 22.9 Å². The van der Waals surface area contributed by atoms with Crippen molar-refractivity contribution in [3.8, 4) is 5.95 Å². The highest BCUT2D eigenvalue weighted by Crippen LogP contribution is 2.28. The van der Waals surface area contributed by atoms with Crippen molar-refractivity contribution in [2.24, 2.45) is 0 Å². The lowest BCUT2D eigenvalue weighted by atomic mass is 10.3. The van der Waals surface area contributed by atoms with Gasteiger partial charge in [-0.3, -0.25) is 0 Å². The summed E-state index contributed by atoms with van der Waals surface area (Å²) in [4.78, 5) is 18.1. The SMILES string of the molecule is CCCS(=O)(=O)c1cc2[nH]c(-n3cc(C(=O)O)cn3)nc2cc1Cl. The minimum absolute atomic E-state index is 0.000346. The molecule has 2 heterocycles. The highest BCUT2D eigenvalue weighted by molar-refractivity contribution is 7.91. The number of benzene rings is 1. The molecule has 0 saturated heterocycles. The molecule has 0 amide bonds. The third kappa shape index (κ3) is 2.87. The number of carboxylic acids is 1. The van der Waals surface area contributed by atoms with E-state index in [1.807, 2.05) is 0 Å². The molecule has 0 bridgehead atoms. The van der Waals surface area contributed by atoms with E-state index in [2.05, 4.69) is 15.1 Å². The summed E-state index contributed by atoms with van der Waals surface area (Å²) >= 11 is 6.09. The molecule has 10 heteroatoms. The van der Waals surface area contributed by atoms with Crippen molar-refractivity contribution in [3.05, 3.63) is 35.1 Å². The number of imidazole rings is 1. The fraction of sp³-hybridized carbons (Fsp3) is 0.214. The van der Waals surface area contributed by atoms with Gasteiger partial charge in [0.1, 0.15) is 0 Å². The molecule has 1 aromatic carbocycles. The Hall–Kier alpha value is -2.39. The summed E-state index contributed by atoms with van der Waals surface area (Å²) in [5, 5.41) is 12.9. The van der Waals surface area contributed by atoms with Crippen molar-refractivity contribution in [1.82, 2.24) is 19.7 Å². The predicted molar refractivity (Wildman–Crippen MR) is 87.5 cm³/mol. The van der Waals surface area contributed by atoms with Gasteiger partial charge in [0.2, 0.25) is 5.95 Å². The van der Waals surface area contributed by atoms with E-state index >= 15 is 0 Å². The third-order valence-electron chi connectivity index (χ3n) is 3.38. The molecule has 0 spiro atoms. The summed E-state index contributed by atoms with van der Waals surface area (Å²) < 4.78 is 25.8. The zero-order valence-corrected chi connectivity index (χ0v) is 14.1. The van der Waals surface area contributed by atoms with Crippen molar-refractivity contribution in [3.63, 3.8) is 0 Å². The molecule has 0 fully saturated rings. The van der Waals surface area contributed by atoms with Crippen LogP contribution >= 0.6 is 11.6 Å². The number of carboxylic acid groups (broad SMARTS) is 1. The molecule has 24 heavy (non-hydrogen) atoms. The molecule has 0 unspecified atom stereocenters. The number of aromatic carboxylic acids is 1. The van der Waals surface area contributed by atoms with Gasteiger partial charge in [0.15, 0.2) is 9.84 Å². The fourth-order valence-corrected chi connectivity index (χ4v) is 4.19. The summed E-state index contributed by atoms with van der Waals surface area (Å²) in [6.45, 7) is 1.77. The number of sulfone groups is 1. The van der Waals surface area contributed by atoms with Crippen LogP contribution < -0.4 is 0 Å². The van der Waals surface area contributed by atoms with Gasteiger partial charge in [0, 0.05) is 6.20 Å². The lowest BCUT2D eigenvalue weighted by Crippen LogP contribution is -2.06. The van der Waals surface area contributed by atoms with Crippen LogP contribution in [-0.4, -0.2) is 45.0 Å². The van der Waals surface area contributed by atoms with Crippen LogP contribution in [0.15, 0.2) is 29.4 Å². The molecule has 0 saturated carbocycles. The Morgan fingerprint density at radius 1 is 1.42 bits per heavy atom. The highest BCUT2D eigenvalue weighted by atomic mass is 35.5. The second kappa shape index (κ2) is 5.91. The lowest BCUT2D eigenvalue weighted by molar-refractivity contribution is 0.0697. The van der Waals surface area contributed by atoms with Gasteiger partial charge in [-0.2, -0.15) is 5.10 Å². The first-order chi connectivity index (χ1) is 11.3. The van der Waals surface area contributed by atoms with E-state index in [0.717, 1.165) is 0 Å². The van der Waals surface area contributed by atoms with Gasteiger partial charge < -0.3 is 10.1 Å². The predicted octanol–water partition coefficient (Wildman–Crippen LogP) is 2.28. The molecule has 2 aromatic heterocycles. The van der Waals surface area contributed by atoms with E-state index in [9.17, 15) is 13.2 Å². The number of hydrogen-bond donors (Lipinski definition) is 2. The Morgan fingerprint density at radius 3 is 2.79 bits per heavy atom. The van der Waals surface area contributed by atoms with Crippen LogP contribution in [0.3, 0.4) is 0 Å². The van der Waals surface area contributed by atoms with Gasteiger partial charge in [-0.1, -0.05) is 18.5 Å². The number of hydrogen-bond acceptors (Lipinski definition) is 5. The number of halogens is 1. The average molecular weight is 369 g/mol. The smallest absolute Gasteiger partial charge is 0.338 e. The highest BCUT2D eigenvalue weighted by Gasteiger charge is 2.20. The summed E-state index contributed by atoms with van der Waals surface area (Å²) in [7, 11) is -3.47. The minimum Gasteiger partial charge on any atom is -0.478 e. The van der Waals surface area contributed by atoms with Crippen molar-refractivity contribution >= 4 is 38.4 Å². The molecule has 2 N–H and O–H groups in total. The normalized spacial score (nSPS) is 11.9. The number of fused-ring (bicyclic) bond motifs is 1. The largest absolute Gasteiger partial charge is 0.478 e. The van der Waals surface area contributed by atoms with Gasteiger partial charge in [-0.05, 0) is 18.6 Å². The number of H-pyrrole nitrogens is 1. The van der Waals surface area contributed by atoms with E-state index in [1.54, 1.807) is 6.92 Å². The van der Waals surface area contributed by atoms with Crippen molar-refractivity contribution in [1.29, 1.82) is 0 Å². The van der Waals surface area contributed by atoms with Crippen LogP contribution in [0.2, 0.25) is 5.02 Å². The first kappa shape index (κ1) is 16.5. The molecule has 0 atom stereocenters. The lowest BCUT2D eigenvalue weighted by Gasteiger charge is -2.05. The number of aromatic amines is 1. The maximum atomic E-state index is 12.3. The third-order valence-corrected chi connectivity index (χ3v) is 5.76. The zero-order chi connectivity index (χ0) is 17.5. The molecule has 0 aliphatic carbocycles. The van der Waals surface area contributed by atoms with Crippen LogP contribution in [0.5, 0.6) is 0 Å². The Balaban J connectivity index is 2.10. The van der Waals surface area contributed by atoms with E-state index < -0.39 is 15.8 Å². The Kier molecular flexibility index (Phi) is 4.06. The molecular formula is C14H13ClN4O4S. The Labute approximate surface area is 142 Å². The summed E-state index contributed by atoms with van der Waals surface area (Å²) in [6, 6.07) is 2.89. The number of nitrogens with one attached hydrogen (secondary N) is 1. The second-order valence-corrected chi connectivity index (χ2v) is 7.64. The summed E-state index contributed by atoms with van der Waals surface area (Å²) in [5.41, 5.74) is 0.939. The second-order valence-electron chi connectivity index (χ2n) is 5.16. The molecule has 0 aliphatic heterocycles. The average Bonchev–Trinajstić information content (AvgIpc) is 3.12. The van der Waals surface area contributed by atoms with Gasteiger partial charge in [0.25, 0.3) is 0 Å². The van der Waals surface area contributed by atoms with E-state index in [0.29, 0.717) is 17.5 Å². The van der Waals surface area contributed by atoms with Crippen molar-refractivity contribution < 1.29 is 18.3 Å². The summed E-state index contributed by atoms with van der Waals surface area (Å²) in [5.74, 6) is -0.840. The van der Waals surface area contributed by atoms with Crippen LogP contribution in [0.25, 0.3) is 17.0 Å². The van der Waals surface area contributed by atoms with E-state index in [1.165, 1.54) is 29.2 Å². The Bertz CT molecular complexity index is 1040.